The van der Waals surface area contributed by atoms with Gasteiger partial charge in [0, 0.05) is 13.2 Å². The van der Waals surface area contributed by atoms with Crippen LogP contribution in [0.2, 0.25) is 0 Å². The van der Waals surface area contributed by atoms with E-state index in [1.165, 1.54) is 13.2 Å². The van der Waals surface area contributed by atoms with E-state index in [9.17, 15) is 19.2 Å². The zero-order valence-corrected chi connectivity index (χ0v) is 18.4. The molecule has 1 aromatic rings. The lowest BCUT2D eigenvalue weighted by molar-refractivity contribution is -0.131. The molecule has 172 valence electrons. The van der Waals surface area contributed by atoms with Gasteiger partial charge in [-0.05, 0) is 26.2 Å². The van der Waals surface area contributed by atoms with Gasteiger partial charge in [-0.1, -0.05) is 19.0 Å². The third-order valence-electron chi connectivity index (χ3n) is 4.69. The van der Waals surface area contributed by atoms with Crippen LogP contribution in [0.15, 0.2) is 10.6 Å². The second-order valence-corrected chi connectivity index (χ2v) is 8.17. The lowest BCUT2D eigenvalue weighted by Crippen LogP contribution is -2.53. The zero-order chi connectivity index (χ0) is 23.2. The minimum Gasteiger partial charge on any atom is -0.382 e. The summed E-state index contributed by atoms with van der Waals surface area (Å²) in [5, 5.41) is 11.2. The van der Waals surface area contributed by atoms with Gasteiger partial charge in [0.05, 0.1) is 31.5 Å². The van der Waals surface area contributed by atoms with E-state index in [4.69, 9.17) is 14.0 Å². The molecule has 0 aromatic carbocycles. The molecule has 1 fully saturated rings. The van der Waals surface area contributed by atoms with Crippen LogP contribution in [0.1, 0.15) is 43.4 Å². The maximum Gasteiger partial charge on any atom is 0.290 e. The standard InChI is InChI=1S/C20H30N4O7/c1-11(2)6-13(17(26)20(4)10-30-20)22-16(25)8-21-18(27)14(9-29-5)23-19(28)15-7-12(3)24-31-15/h7,11,13-14H,6,8-10H2,1-5H3,(H,21,27)(H,22,25)(H,23,28). The van der Waals surface area contributed by atoms with E-state index in [0.29, 0.717) is 18.7 Å². The van der Waals surface area contributed by atoms with Gasteiger partial charge in [0.15, 0.2) is 5.78 Å². The molecular weight excluding hydrogens is 408 g/mol. The molecule has 2 heterocycles. The van der Waals surface area contributed by atoms with Gasteiger partial charge in [0.25, 0.3) is 5.91 Å². The van der Waals surface area contributed by atoms with Crippen molar-refractivity contribution in [3.05, 3.63) is 17.5 Å². The second-order valence-electron chi connectivity index (χ2n) is 8.17. The molecule has 0 aliphatic carbocycles. The molecule has 11 nitrogen and oxygen atoms in total. The van der Waals surface area contributed by atoms with Gasteiger partial charge in [-0.15, -0.1) is 0 Å². The van der Waals surface area contributed by atoms with Crippen molar-refractivity contribution in [1.82, 2.24) is 21.1 Å². The Morgan fingerprint density at radius 3 is 2.42 bits per heavy atom. The first kappa shape index (κ1) is 24.5. The van der Waals surface area contributed by atoms with Crippen LogP contribution in [-0.4, -0.2) is 73.2 Å². The Balaban J connectivity index is 1.90. The van der Waals surface area contributed by atoms with E-state index in [-0.39, 0.29) is 30.6 Å². The molecule has 1 aliphatic rings. The summed E-state index contributed by atoms with van der Waals surface area (Å²) < 4.78 is 15.0. The van der Waals surface area contributed by atoms with Crippen molar-refractivity contribution in [3.63, 3.8) is 0 Å². The molecule has 31 heavy (non-hydrogen) atoms. The van der Waals surface area contributed by atoms with Crippen molar-refractivity contribution in [2.75, 3.05) is 26.9 Å². The number of hydrogen-bond acceptors (Lipinski definition) is 8. The van der Waals surface area contributed by atoms with Crippen molar-refractivity contribution in [2.24, 2.45) is 5.92 Å². The van der Waals surface area contributed by atoms with Crippen molar-refractivity contribution in [2.45, 2.75) is 51.8 Å². The van der Waals surface area contributed by atoms with Gasteiger partial charge in [0.2, 0.25) is 17.6 Å². The molecule has 0 radical (unpaired) electrons. The van der Waals surface area contributed by atoms with Crippen LogP contribution >= 0.6 is 0 Å². The molecule has 3 atom stereocenters. The van der Waals surface area contributed by atoms with Crippen molar-refractivity contribution < 1.29 is 33.2 Å². The molecular formula is C20H30N4O7. The highest BCUT2D eigenvalue weighted by molar-refractivity contribution is 5.98. The number of hydrogen-bond donors (Lipinski definition) is 3. The summed E-state index contributed by atoms with van der Waals surface area (Å²) in [5.41, 5.74) is -0.339. The highest BCUT2D eigenvalue weighted by Crippen LogP contribution is 2.29. The summed E-state index contributed by atoms with van der Waals surface area (Å²) in [7, 11) is 1.38. The molecule has 0 bridgehead atoms. The SMILES string of the molecule is COCC(NC(=O)c1cc(C)no1)C(=O)NCC(=O)NC(CC(C)C)C(=O)C1(C)CO1. The van der Waals surface area contributed by atoms with Crippen LogP contribution in [-0.2, 0) is 23.9 Å². The molecule has 0 saturated carbocycles. The predicted molar refractivity (Wildman–Crippen MR) is 108 cm³/mol. The molecule has 3 amide bonds. The number of ether oxygens (including phenoxy) is 2. The smallest absolute Gasteiger partial charge is 0.290 e. The molecule has 0 spiro atoms. The van der Waals surface area contributed by atoms with Crippen LogP contribution in [0.5, 0.6) is 0 Å². The fourth-order valence-electron chi connectivity index (χ4n) is 2.91. The fraction of sp³-hybridized carbons (Fsp3) is 0.650. The minimum absolute atomic E-state index is 0.0463. The van der Waals surface area contributed by atoms with E-state index >= 15 is 0 Å². The van der Waals surface area contributed by atoms with Gasteiger partial charge < -0.3 is 29.9 Å². The Kier molecular flexibility index (Phi) is 8.28. The number of nitrogens with zero attached hydrogens (tertiary/aromatic N) is 1. The van der Waals surface area contributed by atoms with Gasteiger partial charge >= 0.3 is 0 Å². The van der Waals surface area contributed by atoms with E-state index in [0.717, 1.165) is 0 Å². The van der Waals surface area contributed by atoms with Crippen molar-refractivity contribution >= 4 is 23.5 Å². The molecule has 1 aromatic heterocycles. The number of nitrogens with one attached hydrogen (secondary N) is 3. The minimum atomic E-state index is -1.05. The first-order valence-electron chi connectivity index (χ1n) is 10.0. The second kappa shape index (κ2) is 10.5. The number of rotatable bonds is 12. The van der Waals surface area contributed by atoms with E-state index < -0.39 is 35.4 Å². The Hall–Kier alpha value is -2.79. The number of aryl methyl sites for hydroxylation is 1. The van der Waals surface area contributed by atoms with Crippen LogP contribution in [0.25, 0.3) is 0 Å². The van der Waals surface area contributed by atoms with Crippen LogP contribution < -0.4 is 16.0 Å². The lowest BCUT2D eigenvalue weighted by atomic mass is 9.93. The number of Topliss-reactive ketones (excluding diaryl/α,β-unsaturated/α-hetero) is 1. The topological polar surface area (TPSA) is 152 Å². The largest absolute Gasteiger partial charge is 0.382 e. The highest BCUT2D eigenvalue weighted by Gasteiger charge is 2.50. The quantitative estimate of drug-likeness (QED) is 0.377. The Morgan fingerprint density at radius 1 is 1.23 bits per heavy atom. The van der Waals surface area contributed by atoms with Gasteiger partial charge in [-0.25, -0.2) is 0 Å². The first-order chi connectivity index (χ1) is 14.6. The van der Waals surface area contributed by atoms with Gasteiger partial charge in [-0.3, -0.25) is 19.2 Å². The third kappa shape index (κ3) is 7.14. The van der Waals surface area contributed by atoms with Crippen LogP contribution in [0.4, 0.5) is 0 Å². The summed E-state index contributed by atoms with van der Waals surface area (Å²) in [5.74, 6) is -1.84. The Morgan fingerprint density at radius 2 is 1.90 bits per heavy atom. The summed E-state index contributed by atoms with van der Waals surface area (Å²) in [6.07, 6.45) is 0.455. The Labute approximate surface area is 180 Å². The molecule has 1 saturated heterocycles. The summed E-state index contributed by atoms with van der Waals surface area (Å²) >= 11 is 0. The Bertz CT molecular complexity index is 816. The number of aromatic nitrogens is 1. The monoisotopic (exact) mass is 438 g/mol. The number of carbonyl (C=O) groups is 4. The number of carbonyl (C=O) groups excluding carboxylic acids is 4. The van der Waals surface area contributed by atoms with Gasteiger partial charge in [-0.2, -0.15) is 0 Å². The summed E-state index contributed by atoms with van der Waals surface area (Å²) in [4.78, 5) is 49.6. The summed E-state index contributed by atoms with van der Waals surface area (Å²) in [6, 6.07) is -0.329. The fourth-order valence-corrected chi connectivity index (χ4v) is 2.91. The lowest BCUT2D eigenvalue weighted by Gasteiger charge is -2.22. The molecule has 2 rings (SSSR count). The molecule has 3 N–H and O–H groups in total. The average Bonchev–Trinajstić information content (AvgIpc) is 3.30. The van der Waals surface area contributed by atoms with Crippen molar-refractivity contribution in [3.8, 4) is 0 Å². The summed E-state index contributed by atoms with van der Waals surface area (Å²) in [6.45, 7) is 7.08. The molecule has 3 unspecified atom stereocenters. The van der Waals surface area contributed by atoms with Crippen LogP contribution in [0, 0.1) is 12.8 Å². The number of amides is 3. The molecule has 1 aliphatic heterocycles. The number of ketones is 1. The maximum atomic E-state index is 12.6. The predicted octanol–water partition coefficient (Wildman–Crippen LogP) is -0.267. The van der Waals surface area contributed by atoms with Crippen molar-refractivity contribution in [1.29, 1.82) is 0 Å². The molecule has 11 heteroatoms. The number of methoxy groups -OCH3 is 1. The maximum absolute atomic E-state index is 12.6. The average molecular weight is 438 g/mol. The highest BCUT2D eigenvalue weighted by atomic mass is 16.6. The van der Waals surface area contributed by atoms with E-state index in [2.05, 4.69) is 21.1 Å². The third-order valence-corrected chi connectivity index (χ3v) is 4.69. The zero-order valence-electron chi connectivity index (χ0n) is 18.4. The van der Waals surface area contributed by atoms with Gasteiger partial charge in [0.1, 0.15) is 11.6 Å². The van der Waals surface area contributed by atoms with Crippen LogP contribution in [0.3, 0.4) is 0 Å². The number of epoxide rings is 1. The van der Waals surface area contributed by atoms with E-state index in [1.807, 2.05) is 13.8 Å². The first-order valence-corrected chi connectivity index (χ1v) is 10.0. The normalized spacial score (nSPS) is 19.4. The van der Waals surface area contributed by atoms with E-state index in [1.54, 1.807) is 13.8 Å².